The summed E-state index contributed by atoms with van der Waals surface area (Å²) in [6.07, 6.45) is 8.17. The molecule has 0 fully saturated rings. The van der Waals surface area contributed by atoms with Gasteiger partial charge in [0.25, 0.3) is 0 Å². The molecule has 0 aromatic heterocycles. The summed E-state index contributed by atoms with van der Waals surface area (Å²) >= 11 is 0. The Morgan fingerprint density at radius 1 is 0.765 bits per heavy atom. The fraction of sp³-hybridized carbons (Fsp3) is 0.500. The molecule has 0 aliphatic carbocycles. The van der Waals surface area contributed by atoms with Gasteiger partial charge in [-0.25, -0.2) is 0 Å². The van der Waals surface area contributed by atoms with E-state index < -0.39 is 0 Å². The Hall–Kier alpha value is -0.580. The maximum atomic E-state index is 2.12. The fourth-order valence-electron chi connectivity index (χ4n) is 1.38. The van der Waals surface area contributed by atoms with Gasteiger partial charge < -0.3 is 19.6 Å². The van der Waals surface area contributed by atoms with E-state index in [1.54, 1.807) is 0 Å². The van der Waals surface area contributed by atoms with Crippen LogP contribution in [0.3, 0.4) is 0 Å². The van der Waals surface area contributed by atoms with E-state index in [0.29, 0.717) is 0 Å². The fourth-order valence-corrected chi connectivity index (χ4v) is 1.38. The summed E-state index contributed by atoms with van der Waals surface area (Å²) in [5.41, 5.74) is 0. The summed E-state index contributed by atoms with van der Waals surface area (Å²) in [6, 6.07) is 0. The van der Waals surface area contributed by atoms with Gasteiger partial charge in [-0.15, -0.1) is 0 Å². The van der Waals surface area contributed by atoms with E-state index in [9.17, 15) is 0 Å². The second-order valence-electron chi connectivity index (χ2n) is 3.82. The number of hydrogen-bond donors (Lipinski definition) is 0. The molecule has 102 valence electrons. The van der Waals surface area contributed by atoms with Crippen LogP contribution in [0.15, 0.2) is 24.8 Å². The molecule has 17 heavy (non-hydrogen) atoms. The number of nitrogens with zero attached hydrogens (tertiary/aromatic N) is 4. The van der Waals surface area contributed by atoms with Gasteiger partial charge in [0.05, 0.1) is 0 Å². The summed E-state index contributed by atoms with van der Waals surface area (Å²) in [5, 5.41) is 0. The minimum atomic E-state index is 0. The molecule has 2 heterocycles. The molecule has 0 radical (unpaired) electrons. The van der Waals surface area contributed by atoms with Crippen molar-refractivity contribution >= 4 is 0 Å². The van der Waals surface area contributed by atoms with Gasteiger partial charge in [0.15, 0.2) is 0 Å². The van der Waals surface area contributed by atoms with Crippen LogP contribution in [0.25, 0.3) is 0 Å². The SMILES string of the molecule is CCN1C=CN(C)[CH-]1.CCN1C=CN(C)[CH-]1.[Ag+]. The standard InChI is InChI=1S/2C6H11N2.Ag/c2*1-3-8-5-4-7(2)6-8;/h2*4-6H,3H2,1-2H3;/q2*-1;+1. The van der Waals surface area contributed by atoms with E-state index in [4.69, 9.17) is 0 Å². The predicted molar refractivity (Wildman–Crippen MR) is 67.2 cm³/mol. The Morgan fingerprint density at radius 2 is 1.12 bits per heavy atom. The first-order valence-corrected chi connectivity index (χ1v) is 5.67. The van der Waals surface area contributed by atoms with Crippen LogP contribution < -0.4 is 0 Å². The molecule has 0 unspecified atom stereocenters. The molecule has 5 heteroatoms. The molecule has 0 bridgehead atoms. The van der Waals surface area contributed by atoms with Gasteiger partial charge >= 0.3 is 22.4 Å². The van der Waals surface area contributed by atoms with Crippen molar-refractivity contribution in [2.24, 2.45) is 0 Å². The molecule has 0 spiro atoms. The Labute approximate surface area is 121 Å². The third-order valence-corrected chi connectivity index (χ3v) is 2.38. The van der Waals surface area contributed by atoms with Crippen LogP contribution in [0.2, 0.25) is 0 Å². The number of rotatable bonds is 2. The Bertz CT molecular complexity index is 229. The monoisotopic (exact) mass is 329 g/mol. The zero-order valence-electron chi connectivity index (χ0n) is 11.0. The molecule has 0 saturated carbocycles. The summed E-state index contributed by atoms with van der Waals surface area (Å²) in [5.74, 6) is 0. The van der Waals surface area contributed by atoms with Gasteiger partial charge in [-0.2, -0.15) is 13.3 Å². The van der Waals surface area contributed by atoms with Gasteiger partial charge in [0.1, 0.15) is 0 Å². The van der Waals surface area contributed by atoms with Gasteiger partial charge in [-0.1, -0.05) is 13.8 Å². The molecule has 0 aromatic carbocycles. The predicted octanol–water partition coefficient (Wildman–Crippen LogP) is 1.69. The third-order valence-electron chi connectivity index (χ3n) is 2.38. The quantitative estimate of drug-likeness (QED) is 0.564. The first kappa shape index (κ1) is 16.4. The summed E-state index contributed by atoms with van der Waals surface area (Å²) in [4.78, 5) is 8.31. The van der Waals surface area contributed by atoms with Crippen LogP contribution in [-0.4, -0.2) is 46.8 Å². The van der Waals surface area contributed by atoms with Crippen LogP contribution in [0.5, 0.6) is 0 Å². The van der Waals surface area contributed by atoms with E-state index in [0.717, 1.165) is 13.1 Å². The van der Waals surface area contributed by atoms with Gasteiger partial charge in [0.2, 0.25) is 0 Å². The number of hydrogen-bond acceptors (Lipinski definition) is 4. The molecule has 0 atom stereocenters. The van der Waals surface area contributed by atoms with Crippen molar-refractivity contribution in [1.29, 1.82) is 0 Å². The Balaban J connectivity index is 0.000000284. The van der Waals surface area contributed by atoms with Gasteiger partial charge in [-0.3, -0.25) is 0 Å². The van der Waals surface area contributed by atoms with E-state index >= 15 is 0 Å². The Morgan fingerprint density at radius 3 is 1.24 bits per heavy atom. The van der Waals surface area contributed by atoms with E-state index in [2.05, 4.69) is 49.4 Å². The molecular formula is C12H22AgN4-. The molecule has 0 amide bonds. The Kier molecular flexibility index (Phi) is 8.21. The maximum absolute atomic E-state index is 2.12. The van der Waals surface area contributed by atoms with Crippen molar-refractivity contribution in [2.75, 3.05) is 27.2 Å². The zero-order chi connectivity index (χ0) is 12.0. The molecular weight excluding hydrogens is 308 g/mol. The van der Waals surface area contributed by atoms with Crippen molar-refractivity contribution in [3.63, 3.8) is 0 Å². The molecule has 4 nitrogen and oxygen atoms in total. The summed E-state index contributed by atoms with van der Waals surface area (Å²) < 4.78 is 0. The maximum Gasteiger partial charge on any atom is 1.00 e. The first-order chi connectivity index (χ1) is 7.65. The van der Waals surface area contributed by atoms with Crippen LogP contribution in [0.1, 0.15) is 13.8 Å². The smallest absolute Gasteiger partial charge is 0.511 e. The van der Waals surface area contributed by atoms with Crippen LogP contribution in [-0.2, 0) is 22.4 Å². The first-order valence-electron chi connectivity index (χ1n) is 5.67. The minimum Gasteiger partial charge on any atom is -0.511 e. The normalized spacial score (nSPS) is 17.2. The molecule has 0 saturated heterocycles. The largest absolute Gasteiger partial charge is 1.00 e. The van der Waals surface area contributed by atoms with Crippen molar-refractivity contribution in [1.82, 2.24) is 19.6 Å². The van der Waals surface area contributed by atoms with Gasteiger partial charge in [-0.05, 0) is 52.0 Å². The minimum absolute atomic E-state index is 0. The van der Waals surface area contributed by atoms with Crippen LogP contribution in [0, 0.1) is 13.3 Å². The van der Waals surface area contributed by atoms with E-state index in [-0.39, 0.29) is 22.4 Å². The average molecular weight is 330 g/mol. The molecule has 2 aliphatic rings. The van der Waals surface area contributed by atoms with Crippen molar-refractivity contribution in [3.05, 3.63) is 38.1 Å². The van der Waals surface area contributed by atoms with Gasteiger partial charge in [0, 0.05) is 0 Å². The molecule has 0 aromatic rings. The average Bonchev–Trinajstić information content (AvgIpc) is 2.88. The summed E-state index contributed by atoms with van der Waals surface area (Å²) in [6.45, 7) is 10.5. The third kappa shape index (κ3) is 6.05. The van der Waals surface area contributed by atoms with Crippen molar-refractivity contribution < 1.29 is 22.4 Å². The molecule has 2 rings (SSSR count). The molecule has 0 N–H and O–H groups in total. The topological polar surface area (TPSA) is 13.0 Å². The van der Waals surface area contributed by atoms with E-state index in [1.165, 1.54) is 0 Å². The van der Waals surface area contributed by atoms with Crippen LogP contribution >= 0.6 is 0 Å². The van der Waals surface area contributed by atoms with E-state index in [1.807, 2.05) is 36.3 Å². The summed E-state index contributed by atoms with van der Waals surface area (Å²) in [7, 11) is 4.04. The second-order valence-corrected chi connectivity index (χ2v) is 3.82. The van der Waals surface area contributed by atoms with Crippen molar-refractivity contribution in [2.45, 2.75) is 13.8 Å². The van der Waals surface area contributed by atoms with Crippen molar-refractivity contribution in [3.8, 4) is 0 Å². The zero-order valence-corrected chi connectivity index (χ0v) is 12.5. The van der Waals surface area contributed by atoms with Crippen LogP contribution in [0.4, 0.5) is 0 Å². The second kappa shape index (κ2) is 8.50. The molecule has 2 aliphatic heterocycles.